The Hall–Kier alpha value is -1.22. The van der Waals surface area contributed by atoms with Crippen LogP contribution < -0.4 is 15.4 Å². The van der Waals surface area contributed by atoms with Gasteiger partial charge in [0.05, 0.1) is 12.8 Å². The molecule has 2 N–H and O–H groups in total. The van der Waals surface area contributed by atoms with Crippen molar-refractivity contribution < 1.29 is 4.74 Å². The topological polar surface area (TPSA) is 33.3 Å². The van der Waals surface area contributed by atoms with Crippen molar-refractivity contribution in [3.05, 3.63) is 24.3 Å². The molecule has 3 nitrogen and oxygen atoms in total. The van der Waals surface area contributed by atoms with Gasteiger partial charge in [0.15, 0.2) is 0 Å². The molecular weight excluding hydrogens is 188 g/mol. The first-order chi connectivity index (χ1) is 7.40. The lowest BCUT2D eigenvalue weighted by molar-refractivity contribution is 0.414. The number of anilines is 1. The van der Waals surface area contributed by atoms with Crippen LogP contribution in [0.4, 0.5) is 5.69 Å². The van der Waals surface area contributed by atoms with Gasteiger partial charge in [-0.15, -0.1) is 0 Å². The highest BCUT2D eigenvalue weighted by Gasteiger charge is 2.13. The van der Waals surface area contributed by atoms with Gasteiger partial charge in [-0.2, -0.15) is 0 Å². The van der Waals surface area contributed by atoms with Crippen LogP contribution in [0.25, 0.3) is 0 Å². The molecule has 1 aliphatic heterocycles. The number of hydrogen-bond donors (Lipinski definition) is 2. The lowest BCUT2D eigenvalue weighted by Gasteiger charge is -2.25. The van der Waals surface area contributed by atoms with Crippen LogP contribution >= 0.6 is 0 Å². The smallest absolute Gasteiger partial charge is 0.141 e. The van der Waals surface area contributed by atoms with E-state index in [1.165, 1.54) is 12.8 Å². The van der Waals surface area contributed by atoms with Gasteiger partial charge in [0.1, 0.15) is 5.75 Å². The summed E-state index contributed by atoms with van der Waals surface area (Å²) in [5.41, 5.74) is 1.10. The van der Waals surface area contributed by atoms with Crippen LogP contribution in [-0.4, -0.2) is 26.2 Å². The summed E-state index contributed by atoms with van der Waals surface area (Å²) in [7, 11) is 1.71. The van der Waals surface area contributed by atoms with Crippen LogP contribution in [0.15, 0.2) is 24.3 Å². The fraction of sp³-hybridized carbons (Fsp3) is 0.500. The molecule has 0 aromatic heterocycles. The van der Waals surface area contributed by atoms with Crippen molar-refractivity contribution in [2.45, 2.75) is 18.9 Å². The van der Waals surface area contributed by atoms with Gasteiger partial charge in [-0.1, -0.05) is 12.1 Å². The summed E-state index contributed by atoms with van der Waals surface area (Å²) in [4.78, 5) is 0. The zero-order valence-electron chi connectivity index (χ0n) is 9.12. The number of benzene rings is 1. The third-order valence-electron chi connectivity index (χ3n) is 2.81. The third-order valence-corrected chi connectivity index (χ3v) is 2.81. The zero-order valence-corrected chi connectivity index (χ0v) is 9.12. The first kappa shape index (κ1) is 10.3. The summed E-state index contributed by atoms with van der Waals surface area (Å²) in [6, 6.07) is 8.66. The van der Waals surface area contributed by atoms with Gasteiger partial charge in [-0.25, -0.2) is 0 Å². The van der Waals surface area contributed by atoms with Crippen LogP contribution in [0, 0.1) is 0 Å². The van der Waals surface area contributed by atoms with Crippen molar-refractivity contribution in [2.75, 3.05) is 25.5 Å². The van der Waals surface area contributed by atoms with E-state index >= 15 is 0 Å². The van der Waals surface area contributed by atoms with Crippen molar-refractivity contribution in [3.63, 3.8) is 0 Å². The second-order valence-electron chi connectivity index (χ2n) is 3.87. The van der Waals surface area contributed by atoms with Crippen LogP contribution in [-0.2, 0) is 0 Å². The molecule has 0 unspecified atom stereocenters. The largest absolute Gasteiger partial charge is 0.495 e. The Morgan fingerprint density at radius 2 is 2.00 bits per heavy atom. The molecule has 0 bridgehead atoms. The molecule has 1 aliphatic rings. The van der Waals surface area contributed by atoms with Crippen molar-refractivity contribution in [1.29, 1.82) is 0 Å². The lowest BCUT2D eigenvalue weighted by atomic mass is 10.1. The summed E-state index contributed by atoms with van der Waals surface area (Å²) >= 11 is 0. The number of ether oxygens (including phenoxy) is 1. The van der Waals surface area contributed by atoms with Crippen LogP contribution in [0.3, 0.4) is 0 Å². The molecule has 82 valence electrons. The van der Waals surface area contributed by atoms with Crippen LogP contribution in [0.2, 0.25) is 0 Å². The van der Waals surface area contributed by atoms with E-state index in [2.05, 4.69) is 16.7 Å². The Kier molecular flexibility index (Phi) is 3.45. The van der Waals surface area contributed by atoms with Crippen molar-refractivity contribution in [3.8, 4) is 5.75 Å². The van der Waals surface area contributed by atoms with Gasteiger partial charge in [0.25, 0.3) is 0 Å². The molecular formula is C12H18N2O. The summed E-state index contributed by atoms with van der Waals surface area (Å²) < 4.78 is 5.31. The van der Waals surface area contributed by atoms with E-state index in [0.717, 1.165) is 24.5 Å². The van der Waals surface area contributed by atoms with Crippen molar-refractivity contribution in [2.24, 2.45) is 0 Å². The Morgan fingerprint density at radius 3 is 2.73 bits per heavy atom. The number of piperidine rings is 1. The van der Waals surface area contributed by atoms with Gasteiger partial charge in [0.2, 0.25) is 0 Å². The van der Waals surface area contributed by atoms with E-state index < -0.39 is 0 Å². The standard InChI is InChI=1S/C12H18N2O/c1-15-12-5-3-2-4-11(12)14-10-6-8-13-9-7-10/h2-5,10,13-14H,6-9H2,1H3. The molecule has 0 radical (unpaired) electrons. The molecule has 2 rings (SSSR count). The average molecular weight is 206 g/mol. The van der Waals surface area contributed by atoms with Crippen LogP contribution in [0.1, 0.15) is 12.8 Å². The van der Waals surface area contributed by atoms with E-state index in [9.17, 15) is 0 Å². The minimum atomic E-state index is 0.572. The predicted octanol–water partition coefficient (Wildman–Crippen LogP) is 1.86. The molecule has 0 amide bonds. The Morgan fingerprint density at radius 1 is 1.27 bits per heavy atom. The molecule has 1 saturated heterocycles. The Labute approximate surface area is 90.8 Å². The van der Waals surface area contributed by atoms with Crippen LogP contribution in [0.5, 0.6) is 5.75 Å². The van der Waals surface area contributed by atoms with E-state index in [1.807, 2.05) is 18.2 Å². The number of hydrogen-bond acceptors (Lipinski definition) is 3. The highest BCUT2D eigenvalue weighted by molar-refractivity contribution is 5.56. The molecule has 15 heavy (non-hydrogen) atoms. The second-order valence-corrected chi connectivity index (χ2v) is 3.87. The number of methoxy groups -OCH3 is 1. The first-order valence-corrected chi connectivity index (χ1v) is 5.50. The highest BCUT2D eigenvalue weighted by Crippen LogP contribution is 2.25. The Bertz CT molecular complexity index is 308. The molecule has 3 heteroatoms. The normalized spacial score (nSPS) is 17.4. The number of rotatable bonds is 3. The van der Waals surface area contributed by atoms with Gasteiger partial charge < -0.3 is 15.4 Å². The predicted molar refractivity (Wildman–Crippen MR) is 62.5 cm³/mol. The molecule has 1 aromatic rings. The van der Waals surface area contributed by atoms with E-state index in [0.29, 0.717) is 6.04 Å². The third kappa shape index (κ3) is 2.63. The minimum Gasteiger partial charge on any atom is -0.495 e. The van der Waals surface area contributed by atoms with E-state index in [4.69, 9.17) is 4.74 Å². The average Bonchev–Trinajstić information content (AvgIpc) is 2.31. The summed E-state index contributed by atoms with van der Waals surface area (Å²) in [6.07, 6.45) is 2.36. The second kappa shape index (κ2) is 5.03. The van der Waals surface area contributed by atoms with Gasteiger partial charge >= 0.3 is 0 Å². The molecule has 1 fully saturated rings. The molecule has 0 atom stereocenters. The minimum absolute atomic E-state index is 0.572. The van der Waals surface area contributed by atoms with Crippen molar-refractivity contribution in [1.82, 2.24) is 5.32 Å². The maximum absolute atomic E-state index is 5.31. The lowest BCUT2D eigenvalue weighted by Crippen LogP contribution is -2.35. The molecule has 0 saturated carbocycles. The van der Waals surface area contributed by atoms with Gasteiger partial charge in [-0.3, -0.25) is 0 Å². The zero-order chi connectivity index (χ0) is 10.5. The number of nitrogens with one attached hydrogen (secondary N) is 2. The maximum atomic E-state index is 5.31. The quantitative estimate of drug-likeness (QED) is 0.792. The summed E-state index contributed by atoms with van der Waals surface area (Å²) in [6.45, 7) is 2.21. The van der Waals surface area contributed by atoms with E-state index in [1.54, 1.807) is 7.11 Å². The van der Waals surface area contributed by atoms with Gasteiger partial charge in [-0.05, 0) is 38.1 Å². The van der Waals surface area contributed by atoms with Crippen molar-refractivity contribution >= 4 is 5.69 Å². The SMILES string of the molecule is COc1ccccc1NC1CCNCC1. The maximum Gasteiger partial charge on any atom is 0.141 e. The van der Waals surface area contributed by atoms with E-state index in [-0.39, 0.29) is 0 Å². The fourth-order valence-corrected chi connectivity index (χ4v) is 1.95. The van der Waals surface area contributed by atoms with Gasteiger partial charge in [0, 0.05) is 6.04 Å². The highest BCUT2D eigenvalue weighted by atomic mass is 16.5. The first-order valence-electron chi connectivity index (χ1n) is 5.50. The summed E-state index contributed by atoms with van der Waals surface area (Å²) in [5.74, 6) is 0.927. The summed E-state index contributed by atoms with van der Waals surface area (Å²) in [5, 5.41) is 6.89. The Balaban J connectivity index is 2.02. The molecule has 0 aliphatic carbocycles. The number of para-hydroxylation sites is 2. The fourth-order valence-electron chi connectivity index (χ4n) is 1.95. The molecule has 1 heterocycles. The molecule has 0 spiro atoms. The monoisotopic (exact) mass is 206 g/mol. The molecule has 1 aromatic carbocycles.